The van der Waals surface area contributed by atoms with Gasteiger partial charge >= 0.3 is 5.97 Å². The summed E-state index contributed by atoms with van der Waals surface area (Å²) in [5, 5.41) is 0.469. The van der Waals surface area contributed by atoms with E-state index in [2.05, 4.69) is 4.98 Å². The lowest BCUT2D eigenvalue weighted by atomic mass is 9.88. The first-order chi connectivity index (χ1) is 22.3. The molecular weight excluding hydrogens is 607 g/mol. The van der Waals surface area contributed by atoms with E-state index in [0.717, 1.165) is 50.5 Å². The number of esters is 1. The first kappa shape index (κ1) is 32.1. The lowest BCUT2D eigenvalue weighted by molar-refractivity contribution is -0.164. The summed E-state index contributed by atoms with van der Waals surface area (Å²) >= 11 is 0. The predicted octanol–water partition coefficient (Wildman–Crippen LogP) is 7.58. The number of nitrogens with zero attached hydrogens (tertiary/aromatic N) is 2. The number of fused-ring (bicyclic) bond motifs is 1. The van der Waals surface area contributed by atoms with Crippen LogP contribution in [0.4, 0.5) is 4.39 Å². The van der Waals surface area contributed by atoms with Crippen molar-refractivity contribution in [2.24, 2.45) is 5.92 Å². The Morgan fingerprint density at radius 3 is 2.50 bits per heavy atom. The smallest absolute Gasteiger partial charge is 0.339 e. The van der Waals surface area contributed by atoms with Gasteiger partial charge in [-0.2, -0.15) is 0 Å². The Bertz CT molecular complexity index is 1840. The number of halogens is 1. The second kappa shape index (κ2) is 13.9. The third-order valence-electron chi connectivity index (χ3n) is 8.96. The number of methoxy groups -OCH3 is 1. The molecule has 6 rings (SSSR count). The van der Waals surface area contributed by atoms with Crippen LogP contribution in [0.25, 0.3) is 22.7 Å². The molecule has 2 unspecified atom stereocenters. The second-order valence-corrected chi connectivity index (χ2v) is 13.9. The average Bonchev–Trinajstić information content (AvgIpc) is 3.74. The SMILES string of the molecule is COC(=O)c1cnc2c(c1)cc(C=C(c1ccc(C(C)COC3CCCCO3)c(F)c1)C1CCCC1)n2S(=O)(=O)c1ccccc1. The minimum absolute atomic E-state index is 0.105. The normalized spacial score (nSPS) is 18.6. The maximum atomic E-state index is 15.8. The van der Waals surface area contributed by atoms with Crippen LogP contribution < -0.4 is 0 Å². The molecule has 46 heavy (non-hydrogen) atoms. The van der Waals surface area contributed by atoms with Crippen LogP contribution >= 0.6 is 0 Å². The quantitative estimate of drug-likeness (QED) is 0.164. The molecule has 0 amide bonds. The number of allylic oxidation sites excluding steroid dienone is 1. The molecule has 2 aliphatic rings. The van der Waals surface area contributed by atoms with Crippen molar-refractivity contribution in [1.82, 2.24) is 8.96 Å². The monoisotopic (exact) mass is 646 g/mol. The van der Waals surface area contributed by atoms with Crippen molar-refractivity contribution in [2.45, 2.75) is 69.0 Å². The highest BCUT2D eigenvalue weighted by molar-refractivity contribution is 7.90. The van der Waals surface area contributed by atoms with E-state index in [1.807, 2.05) is 25.1 Å². The number of carbonyl (C=O) groups is 1. The third kappa shape index (κ3) is 6.65. The summed E-state index contributed by atoms with van der Waals surface area (Å²) in [6, 6.07) is 16.7. The van der Waals surface area contributed by atoms with Crippen LogP contribution in [0.2, 0.25) is 0 Å². The van der Waals surface area contributed by atoms with E-state index in [1.165, 1.54) is 29.4 Å². The molecule has 1 aliphatic heterocycles. The van der Waals surface area contributed by atoms with Crippen LogP contribution in [0.3, 0.4) is 0 Å². The van der Waals surface area contributed by atoms with E-state index >= 15 is 4.39 Å². The van der Waals surface area contributed by atoms with Crippen molar-refractivity contribution in [3.05, 3.63) is 95.1 Å². The molecule has 0 spiro atoms. The number of hydrogen-bond acceptors (Lipinski definition) is 7. The molecule has 4 aromatic rings. The highest BCUT2D eigenvalue weighted by Gasteiger charge is 2.27. The molecule has 3 heterocycles. The van der Waals surface area contributed by atoms with Crippen LogP contribution in [0, 0.1) is 11.7 Å². The van der Waals surface area contributed by atoms with Crippen molar-refractivity contribution in [3.63, 3.8) is 0 Å². The van der Waals surface area contributed by atoms with Gasteiger partial charge in [0, 0.05) is 24.1 Å². The van der Waals surface area contributed by atoms with Gasteiger partial charge in [0.25, 0.3) is 10.0 Å². The summed E-state index contributed by atoms with van der Waals surface area (Å²) < 4.78 is 61.7. The molecule has 1 saturated heterocycles. The van der Waals surface area contributed by atoms with E-state index in [-0.39, 0.29) is 40.0 Å². The molecule has 2 aromatic heterocycles. The van der Waals surface area contributed by atoms with Gasteiger partial charge in [-0.25, -0.2) is 26.6 Å². The number of carbonyl (C=O) groups excluding carboxylic acids is 1. The number of pyridine rings is 1. The van der Waals surface area contributed by atoms with E-state index in [1.54, 1.807) is 36.4 Å². The van der Waals surface area contributed by atoms with Crippen LogP contribution in [-0.4, -0.2) is 50.0 Å². The second-order valence-electron chi connectivity index (χ2n) is 12.1. The summed E-state index contributed by atoms with van der Waals surface area (Å²) in [5.41, 5.74) is 2.89. The largest absolute Gasteiger partial charge is 0.465 e. The van der Waals surface area contributed by atoms with E-state index in [0.29, 0.717) is 35.4 Å². The average molecular weight is 647 g/mol. The lowest BCUT2D eigenvalue weighted by Gasteiger charge is -2.24. The lowest BCUT2D eigenvalue weighted by Crippen LogP contribution is -2.24. The minimum Gasteiger partial charge on any atom is -0.465 e. The number of rotatable bonds is 10. The zero-order chi connectivity index (χ0) is 32.3. The van der Waals surface area contributed by atoms with Crippen LogP contribution in [0.15, 0.2) is 71.8 Å². The van der Waals surface area contributed by atoms with E-state index in [9.17, 15) is 13.2 Å². The molecule has 1 aliphatic carbocycles. The molecule has 0 radical (unpaired) electrons. The highest BCUT2D eigenvalue weighted by atomic mass is 32.2. The molecule has 2 fully saturated rings. The Kier molecular flexibility index (Phi) is 9.67. The molecule has 0 N–H and O–H groups in total. The molecule has 2 aromatic carbocycles. The van der Waals surface area contributed by atoms with Crippen molar-refractivity contribution >= 4 is 38.7 Å². The Morgan fingerprint density at radius 1 is 1.04 bits per heavy atom. The molecule has 1 saturated carbocycles. The zero-order valence-corrected chi connectivity index (χ0v) is 27.0. The van der Waals surface area contributed by atoms with Crippen LogP contribution in [0.1, 0.15) is 85.0 Å². The van der Waals surface area contributed by atoms with E-state index in [4.69, 9.17) is 14.2 Å². The third-order valence-corrected chi connectivity index (χ3v) is 10.7. The highest BCUT2D eigenvalue weighted by Crippen LogP contribution is 2.40. The van der Waals surface area contributed by atoms with Crippen molar-refractivity contribution in [1.29, 1.82) is 0 Å². The van der Waals surface area contributed by atoms with E-state index < -0.39 is 16.0 Å². The van der Waals surface area contributed by atoms with Gasteiger partial charge in [0.05, 0.1) is 29.9 Å². The molecule has 10 heteroatoms. The minimum atomic E-state index is -4.09. The maximum absolute atomic E-state index is 15.8. The summed E-state index contributed by atoms with van der Waals surface area (Å²) in [4.78, 5) is 16.8. The van der Waals surface area contributed by atoms with Crippen molar-refractivity contribution < 1.29 is 31.8 Å². The van der Waals surface area contributed by atoms with Crippen molar-refractivity contribution in [2.75, 3.05) is 20.3 Å². The molecule has 0 bridgehead atoms. The van der Waals surface area contributed by atoms with Gasteiger partial charge in [0.2, 0.25) is 0 Å². The maximum Gasteiger partial charge on any atom is 0.339 e. The summed E-state index contributed by atoms with van der Waals surface area (Å²) in [6.07, 6.45) is 9.76. The zero-order valence-electron chi connectivity index (χ0n) is 26.2. The molecule has 2 atom stereocenters. The van der Waals surface area contributed by atoms with Gasteiger partial charge in [0.15, 0.2) is 11.9 Å². The summed E-state index contributed by atoms with van der Waals surface area (Å²) in [5.74, 6) is -0.951. The number of ether oxygens (including phenoxy) is 3. The van der Waals surface area contributed by atoms with Crippen LogP contribution in [-0.2, 0) is 24.2 Å². The fourth-order valence-electron chi connectivity index (χ4n) is 6.49. The molecular formula is C36H39FN2O6S. The Labute approximate surface area is 269 Å². The molecule has 242 valence electrons. The number of aromatic nitrogens is 2. The Morgan fingerprint density at radius 2 is 1.80 bits per heavy atom. The van der Waals surface area contributed by atoms with Gasteiger partial charge in [-0.3, -0.25) is 0 Å². The Balaban J connectivity index is 1.42. The van der Waals surface area contributed by atoms with Gasteiger partial charge in [-0.05, 0) is 91.1 Å². The predicted molar refractivity (Wildman–Crippen MR) is 174 cm³/mol. The standard InChI is InChI=1S/C36H39FN2O6S/c1-24(23-45-34-14-8-9-17-44-34)31-16-15-26(20-33(31)37)32(25-10-6-7-11-25)21-29-19-27-18-28(36(40)43-2)22-38-35(27)39(29)46(41,42)30-12-4-3-5-13-30/h3-5,12-13,15-16,18-22,24-25,34H,6-11,14,17,23H2,1-2H3. The van der Waals surface area contributed by atoms with Gasteiger partial charge in [0.1, 0.15) is 5.82 Å². The summed E-state index contributed by atoms with van der Waals surface area (Å²) in [6.45, 7) is 2.98. The van der Waals surface area contributed by atoms with Gasteiger partial charge < -0.3 is 14.2 Å². The van der Waals surface area contributed by atoms with Crippen LogP contribution in [0.5, 0.6) is 0 Å². The van der Waals surface area contributed by atoms with Gasteiger partial charge in [-0.1, -0.05) is 50.1 Å². The Hall–Kier alpha value is -3.86. The summed E-state index contributed by atoms with van der Waals surface area (Å²) in [7, 11) is -2.81. The van der Waals surface area contributed by atoms with Crippen molar-refractivity contribution in [3.8, 4) is 0 Å². The first-order valence-corrected chi connectivity index (χ1v) is 17.4. The number of hydrogen-bond donors (Lipinski definition) is 0. The number of benzene rings is 2. The first-order valence-electron chi connectivity index (χ1n) is 15.9. The fourth-order valence-corrected chi connectivity index (χ4v) is 7.97. The topological polar surface area (TPSA) is 96.7 Å². The molecule has 8 nitrogen and oxygen atoms in total. The van der Waals surface area contributed by atoms with Gasteiger partial charge in [-0.15, -0.1) is 0 Å². The fraction of sp³-hybridized carbons (Fsp3) is 0.389.